The normalized spacial score (nSPS) is 13.5. The average Bonchev–Trinajstić information content (AvgIpc) is 1.96. The maximum atomic E-state index is 11.1. The Kier molecular flexibility index (Phi) is 4.22. The van der Waals surface area contributed by atoms with Crippen molar-refractivity contribution in [2.75, 3.05) is 6.54 Å². The molecule has 0 aromatic carbocycles. The number of hydrogen-bond acceptors (Lipinski definition) is 4. The lowest BCUT2D eigenvalue weighted by molar-refractivity contribution is -0.138. The zero-order valence-electron chi connectivity index (χ0n) is 7.57. The Labute approximate surface area is 82.1 Å². The van der Waals surface area contributed by atoms with Crippen LogP contribution in [0.4, 0.5) is 0 Å². The molecule has 0 aliphatic heterocycles. The summed E-state index contributed by atoms with van der Waals surface area (Å²) in [6, 6.07) is -0.824. The van der Waals surface area contributed by atoms with E-state index in [4.69, 9.17) is 10.8 Å². The minimum Gasteiger partial charge on any atom is -0.480 e. The molecule has 0 unspecified atom stereocenters. The van der Waals surface area contributed by atoms with Crippen LogP contribution >= 0.6 is 12.6 Å². The van der Waals surface area contributed by atoms with Crippen LogP contribution < -0.4 is 11.1 Å². The van der Waals surface area contributed by atoms with Crippen molar-refractivity contribution in [3.05, 3.63) is 0 Å². The molecule has 0 bridgehead atoms. The molecule has 4 N–H and O–H groups in total. The predicted octanol–water partition coefficient (Wildman–Crippen LogP) is -0.777. The lowest BCUT2D eigenvalue weighted by Gasteiger charge is -2.24. The third-order valence-corrected chi connectivity index (χ3v) is 1.74. The summed E-state index contributed by atoms with van der Waals surface area (Å²) in [5.41, 5.74) is 5.50. The highest BCUT2D eigenvalue weighted by Gasteiger charge is 2.28. The number of carbonyl (C=O) groups is 2. The number of rotatable bonds is 4. The van der Waals surface area contributed by atoms with Gasteiger partial charge in [-0.3, -0.25) is 9.59 Å². The number of thiol groups is 1. The van der Waals surface area contributed by atoms with Crippen LogP contribution in [0.3, 0.4) is 0 Å². The van der Waals surface area contributed by atoms with Crippen molar-refractivity contribution in [2.45, 2.75) is 24.6 Å². The maximum absolute atomic E-state index is 11.1. The molecule has 0 rings (SSSR count). The van der Waals surface area contributed by atoms with E-state index >= 15 is 0 Å². The first-order valence-corrected chi connectivity index (χ1v) is 4.17. The smallest absolute Gasteiger partial charge is 0.322 e. The Bertz CT molecular complexity index is 212. The second-order valence-electron chi connectivity index (χ2n) is 3.24. The highest BCUT2D eigenvalue weighted by Crippen LogP contribution is 2.15. The molecule has 5 nitrogen and oxygen atoms in total. The number of amides is 1. The van der Waals surface area contributed by atoms with Gasteiger partial charge in [0.05, 0.1) is 6.04 Å². The molecule has 0 saturated carbocycles. The van der Waals surface area contributed by atoms with E-state index < -0.39 is 29.2 Å². The van der Waals surface area contributed by atoms with E-state index in [2.05, 4.69) is 17.9 Å². The van der Waals surface area contributed by atoms with Crippen LogP contribution in [0.5, 0.6) is 0 Å². The zero-order valence-corrected chi connectivity index (χ0v) is 8.47. The fraction of sp³-hybridized carbons (Fsp3) is 0.714. The summed E-state index contributed by atoms with van der Waals surface area (Å²) in [4.78, 5) is 21.2. The van der Waals surface area contributed by atoms with Crippen molar-refractivity contribution in [1.82, 2.24) is 5.32 Å². The highest BCUT2D eigenvalue weighted by molar-refractivity contribution is 7.81. The van der Waals surface area contributed by atoms with E-state index in [1.165, 1.54) is 0 Å². The Hall–Kier alpha value is -0.750. The van der Waals surface area contributed by atoms with Crippen molar-refractivity contribution in [1.29, 1.82) is 0 Å². The van der Waals surface area contributed by atoms with E-state index in [0.717, 1.165) is 0 Å². The number of carboxylic acid groups (broad SMARTS) is 1. The van der Waals surface area contributed by atoms with Gasteiger partial charge in [-0.05, 0) is 13.8 Å². The topological polar surface area (TPSA) is 92.4 Å². The zero-order chi connectivity index (χ0) is 10.6. The summed E-state index contributed by atoms with van der Waals surface area (Å²) < 4.78 is -0.664. The SMILES string of the molecule is CC(C)(S)[C@@H](N)C(=O)NCC(=O)O. The predicted molar refractivity (Wildman–Crippen MR) is 51.7 cm³/mol. The maximum Gasteiger partial charge on any atom is 0.322 e. The number of hydrogen-bond donors (Lipinski definition) is 4. The Balaban J connectivity index is 4.05. The molecule has 0 radical (unpaired) electrons. The molecule has 0 aliphatic carbocycles. The third kappa shape index (κ3) is 4.74. The largest absolute Gasteiger partial charge is 0.480 e. The summed E-state index contributed by atoms with van der Waals surface area (Å²) in [5, 5.41) is 10.4. The first kappa shape index (κ1) is 12.2. The van der Waals surface area contributed by atoms with Crippen LogP contribution in [0.25, 0.3) is 0 Å². The van der Waals surface area contributed by atoms with E-state index in [9.17, 15) is 9.59 Å². The van der Waals surface area contributed by atoms with Gasteiger partial charge < -0.3 is 16.2 Å². The quantitative estimate of drug-likeness (QED) is 0.454. The van der Waals surface area contributed by atoms with Gasteiger partial charge in [0.1, 0.15) is 6.54 Å². The summed E-state index contributed by atoms with van der Waals surface area (Å²) in [6.45, 7) is 2.94. The Morgan fingerprint density at radius 2 is 2.08 bits per heavy atom. The summed E-state index contributed by atoms with van der Waals surface area (Å²) in [7, 11) is 0. The van der Waals surface area contributed by atoms with Gasteiger partial charge in [-0.25, -0.2) is 0 Å². The van der Waals surface area contributed by atoms with Gasteiger partial charge >= 0.3 is 5.97 Å². The van der Waals surface area contributed by atoms with Gasteiger partial charge in [0, 0.05) is 4.75 Å². The number of nitrogens with two attached hydrogens (primary N) is 1. The molecular weight excluding hydrogens is 192 g/mol. The monoisotopic (exact) mass is 206 g/mol. The molecule has 0 aromatic heterocycles. The van der Waals surface area contributed by atoms with E-state index in [1.807, 2.05) is 0 Å². The number of carbonyl (C=O) groups excluding carboxylic acids is 1. The molecule has 0 fully saturated rings. The summed E-state index contributed by atoms with van der Waals surface area (Å²) >= 11 is 4.10. The molecule has 0 aromatic rings. The lowest BCUT2D eigenvalue weighted by atomic mass is 10.0. The Morgan fingerprint density at radius 1 is 1.62 bits per heavy atom. The van der Waals surface area contributed by atoms with Gasteiger partial charge in [0.15, 0.2) is 0 Å². The fourth-order valence-electron chi connectivity index (χ4n) is 0.594. The number of carboxylic acids is 1. The van der Waals surface area contributed by atoms with Crippen molar-refractivity contribution >= 4 is 24.5 Å². The number of nitrogens with one attached hydrogen (secondary N) is 1. The molecule has 0 saturated heterocycles. The third-order valence-electron chi connectivity index (χ3n) is 1.46. The fourth-order valence-corrected chi connectivity index (χ4v) is 0.711. The second-order valence-corrected chi connectivity index (χ2v) is 4.40. The van der Waals surface area contributed by atoms with Gasteiger partial charge in [-0.1, -0.05) is 0 Å². The van der Waals surface area contributed by atoms with E-state index in [0.29, 0.717) is 0 Å². The van der Waals surface area contributed by atoms with Gasteiger partial charge in [-0.15, -0.1) is 0 Å². The van der Waals surface area contributed by atoms with Crippen molar-refractivity contribution in [3.8, 4) is 0 Å². The first-order valence-electron chi connectivity index (χ1n) is 3.72. The minimum atomic E-state index is -1.10. The molecule has 0 heterocycles. The first-order chi connectivity index (χ1) is 5.75. The van der Waals surface area contributed by atoms with Crippen LogP contribution in [0, 0.1) is 0 Å². The average molecular weight is 206 g/mol. The second kappa shape index (κ2) is 4.48. The van der Waals surface area contributed by atoms with Crippen LogP contribution in [0.2, 0.25) is 0 Å². The molecule has 0 spiro atoms. The van der Waals surface area contributed by atoms with Crippen molar-refractivity contribution in [3.63, 3.8) is 0 Å². The van der Waals surface area contributed by atoms with Gasteiger partial charge in [0.2, 0.25) is 5.91 Å². The van der Waals surface area contributed by atoms with E-state index in [1.54, 1.807) is 13.8 Å². The minimum absolute atomic E-state index is 0.420. The summed E-state index contributed by atoms with van der Waals surface area (Å²) in [5.74, 6) is -1.61. The highest BCUT2D eigenvalue weighted by atomic mass is 32.1. The van der Waals surface area contributed by atoms with E-state index in [-0.39, 0.29) is 0 Å². The Morgan fingerprint density at radius 3 is 2.38 bits per heavy atom. The molecule has 13 heavy (non-hydrogen) atoms. The van der Waals surface area contributed by atoms with Crippen molar-refractivity contribution < 1.29 is 14.7 Å². The van der Waals surface area contributed by atoms with Crippen molar-refractivity contribution in [2.24, 2.45) is 5.73 Å². The van der Waals surface area contributed by atoms with Crippen LogP contribution in [-0.2, 0) is 9.59 Å². The molecule has 1 atom stereocenters. The van der Waals surface area contributed by atoms with Crippen LogP contribution in [-0.4, -0.2) is 34.3 Å². The summed E-state index contributed by atoms with van der Waals surface area (Å²) in [6.07, 6.45) is 0. The molecule has 1 amide bonds. The molecule has 76 valence electrons. The van der Waals surface area contributed by atoms with Crippen LogP contribution in [0.1, 0.15) is 13.8 Å². The number of aliphatic carboxylic acids is 1. The lowest BCUT2D eigenvalue weighted by Crippen LogP contribution is -2.51. The standard InChI is InChI=1S/C7H14N2O3S/c1-7(2,13)5(8)6(12)9-3-4(10)11/h5,13H,3,8H2,1-2H3,(H,9,12)(H,10,11)/t5-/m0/s1. The van der Waals surface area contributed by atoms with Gasteiger partial charge in [-0.2, -0.15) is 12.6 Å². The van der Waals surface area contributed by atoms with Gasteiger partial charge in [0.25, 0.3) is 0 Å². The molecule has 6 heteroatoms. The van der Waals surface area contributed by atoms with Crippen LogP contribution in [0.15, 0.2) is 0 Å². The molecule has 0 aliphatic rings. The molecular formula is C7H14N2O3S.